The molecule has 2 nitrogen and oxygen atoms in total. The van der Waals surface area contributed by atoms with Gasteiger partial charge in [0.1, 0.15) is 6.10 Å². The number of rotatable bonds is 1. The van der Waals surface area contributed by atoms with E-state index in [1.165, 1.54) is 6.92 Å². The second-order valence-corrected chi connectivity index (χ2v) is 1.35. The molecule has 0 fully saturated rings. The van der Waals surface area contributed by atoms with Gasteiger partial charge in [-0.3, -0.25) is 0 Å². The second kappa shape index (κ2) is 2.62. The summed E-state index contributed by atoms with van der Waals surface area (Å²) in [6, 6.07) is 0. The molecule has 2 unspecified atom stereocenters. The molecule has 0 heterocycles. The fourth-order valence-corrected chi connectivity index (χ4v) is 0.139. The molecule has 2 heteroatoms. The lowest BCUT2D eigenvalue weighted by Gasteiger charge is -2.03. The SMILES string of the molecule is C#CC(O)C(C)O. The van der Waals surface area contributed by atoms with Gasteiger partial charge >= 0.3 is 0 Å². The maximum atomic E-state index is 8.45. The Bertz CT molecular complexity index is 80.6. The monoisotopic (exact) mass is 100 g/mol. The zero-order chi connectivity index (χ0) is 5.86. The molecule has 0 aliphatic rings. The van der Waals surface area contributed by atoms with Crippen molar-refractivity contribution >= 4 is 0 Å². The number of terminal acetylenes is 1. The first-order valence-electron chi connectivity index (χ1n) is 2.00. The van der Waals surface area contributed by atoms with E-state index in [-0.39, 0.29) is 0 Å². The van der Waals surface area contributed by atoms with Gasteiger partial charge in [-0.1, -0.05) is 5.92 Å². The maximum absolute atomic E-state index is 8.45. The van der Waals surface area contributed by atoms with Gasteiger partial charge in [0, 0.05) is 0 Å². The van der Waals surface area contributed by atoms with E-state index in [1.807, 2.05) is 5.92 Å². The van der Waals surface area contributed by atoms with Crippen LogP contribution in [0.5, 0.6) is 0 Å². The van der Waals surface area contributed by atoms with E-state index in [4.69, 9.17) is 16.6 Å². The summed E-state index contributed by atoms with van der Waals surface area (Å²) in [5.41, 5.74) is 0. The summed E-state index contributed by atoms with van der Waals surface area (Å²) >= 11 is 0. The van der Waals surface area contributed by atoms with Crippen LogP contribution in [0.15, 0.2) is 0 Å². The molecule has 0 aliphatic heterocycles. The Kier molecular flexibility index (Phi) is 2.42. The normalized spacial score (nSPS) is 17.4. The molecule has 2 N–H and O–H groups in total. The van der Waals surface area contributed by atoms with Crippen molar-refractivity contribution in [1.29, 1.82) is 0 Å². The van der Waals surface area contributed by atoms with E-state index in [1.54, 1.807) is 0 Å². The summed E-state index contributed by atoms with van der Waals surface area (Å²) < 4.78 is 0. The Labute approximate surface area is 42.8 Å². The molecule has 0 aromatic heterocycles. The smallest absolute Gasteiger partial charge is 0.139 e. The van der Waals surface area contributed by atoms with Crippen molar-refractivity contribution in [1.82, 2.24) is 0 Å². The summed E-state index contributed by atoms with van der Waals surface area (Å²) in [5.74, 6) is 1.97. The Balaban J connectivity index is 3.40. The minimum Gasteiger partial charge on any atom is -0.390 e. The van der Waals surface area contributed by atoms with E-state index in [0.717, 1.165) is 0 Å². The highest BCUT2D eigenvalue weighted by atomic mass is 16.3. The second-order valence-electron chi connectivity index (χ2n) is 1.35. The van der Waals surface area contributed by atoms with E-state index < -0.39 is 12.2 Å². The Hall–Kier alpha value is -0.520. The predicted molar refractivity (Wildman–Crippen MR) is 26.5 cm³/mol. The molecule has 0 spiro atoms. The lowest BCUT2D eigenvalue weighted by atomic mass is 10.2. The van der Waals surface area contributed by atoms with Gasteiger partial charge in [-0.25, -0.2) is 0 Å². The largest absolute Gasteiger partial charge is 0.390 e. The average Bonchev–Trinajstić information content (AvgIpc) is 1.65. The molecular weight excluding hydrogens is 92.1 g/mol. The third kappa shape index (κ3) is 2.21. The molecule has 40 valence electrons. The molecule has 0 aromatic carbocycles. The molecule has 7 heavy (non-hydrogen) atoms. The van der Waals surface area contributed by atoms with Crippen LogP contribution in [0.2, 0.25) is 0 Å². The zero-order valence-electron chi connectivity index (χ0n) is 4.13. The molecule has 0 aliphatic carbocycles. The van der Waals surface area contributed by atoms with Crippen molar-refractivity contribution in [2.45, 2.75) is 19.1 Å². The van der Waals surface area contributed by atoms with Crippen LogP contribution in [0.3, 0.4) is 0 Å². The van der Waals surface area contributed by atoms with E-state index in [0.29, 0.717) is 0 Å². The minimum atomic E-state index is -1.01. The van der Waals surface area contributed by atoms with Crippen LogP contribution in [0, 0.1) is 12.3 Å². The van der Waals surface area contributed by atoms with Crippen LogP contribution < -0.4 is 0 Å². The van der Waals surface area contributed by atoms with Crippen LogP contribution in [0.25, 0.3) is 0 Å². The first-order chi connectivity index (χ1) is 3.18. The molecule has 0 saturated carbocycles. The van der Waals surface area contributed by atoms with Crippen molar-refractivity contribution in [3.8, 4) is 12.3 Å². The van der Waals surface area contributed by atoms with Crippen LogP contribution >= 0.6 is 0 Å². The van der Waals surface area contributed by atoms with Crippen molar-refractivity contribution < 1.29 is 10.2 Å². The Morgan fingerprint density at radius 3 is 2.00 bits per heavy atom. The molecule has 0 radical (unpaired) electrons. The van der Waals surface area contributed by atoms with Crippen molar-refractivity contribution in [2.24, 2.45) is 0 Å². The van der Waals surface area contributed by atoms with E-state index >= 15 is 0 Å². The standard InChI is InChI=1S/C5H8O2/c1-3-5(7)4(2)6/h1,4-7H,2H3. The molecule has 0 bridgehead atoms. The van der Waals surface area contributed by atoms with Gasteiger partial charge in [0.2, 0.25) is 0 Å². The molecule has 0 saturated heterocycles. The lowest BCUT2D eigenvalue weighted by Crippen LogP contribution is -2.19. The van der Waals surface area contributed by atoms with Crippen LogP contribution in [0.1, 0.15) is 6.92 Å². The van der Waals surface area contributed by atoms with Gasteiger partial charge in [0.25, 0.3) is 0 Å². The van der Waals surface area contributed by atoms with Crippen molar-refractivity contribution in [3.63, 3.8) is 0 Å². The number of aliphatic hydroxyl groups is 2. The van der Waals surface area contributed by atoms with Gasteiger partial charge in [0.15, 0.2) is 0 Å². The molecule has 0 rings (SSSR count). The Morgan fingerprint density at radius 1 is 1.57 bits per heavy atom. The highest BCUT2D eigenvalue weighted by Gasteiger charge is 2.03. The van der Waals surface area contributed by atoms with Crippen molar-refractivity contribution in [2.75, 3.05) is 0 Å². The third-order valence-corrected chi connectivity index (χ3v) is 0.628. The summed E-state index contributed by atoms with van der Waals surface area (Å²) in [6.45, 7) is 1.44. The third-order valence-electron chi connectivity index (χ3n) is 0.628. The molecule has 2 atom stereocenters. The topological polar surface area (TPSA) is 40.5 Å². The molecule has 0 amide bonds. The first-order valence-corrected chi connectivity index (χ1v) is 2.00. The maximum Gasteiger partial charge on any atom is 0.139 e. The van der Waals surface area contributed by atoms with Crippen molar-refractivity contribution in [3.05, 3.63) is 0 Å². The number of hydrogen-bond acceptors (Lipinski definition) is 2. The van der Waals surface area contributed by atoms with Crippen LogP contribution in [-0.2, 0) is 0 Å². The van der Waals surface area contributed by atoms with Crippen LogP contribution in [0.4, 0.5) is 0 Å². The highest BCUT2D eigenvalue weighted by molar-refractivity contribution is 4.95. The molecular formula is C5H8O2. The van der Waals surface area contributed by atoms with E-state index in [2.05, 4.69) is 0 Å². The minimum absolute atomic E-state index is 0.815. The average molecular weight is 100 g/mol. The number of aliphatic hydroxyl groups excluding tert-OH is 2. The van der Waals surface area contributed by atoms with Gasteiger partial charge in [0.05, 0.1) is 6.10 Å². The van der Waals surface area contributed by atoms with Gasteiger partial charge < -0.3 is 10.2 Å². The Morgan fingerprint density at radius 2 is 2.00 bits per heavy atom. The quantitative estimate of drug-likeness (QED) is 0.430. The van der Waals surface area contributed by atoms with Gasteiger partial charge in [-0.15, -0.1) is 6.42 Å². The fraction of sp³-hybridized carbons (Fsp3) is 0.600. The lowest BCUT2D eigenvalue weighted by molar-refractivity contribution is 0.0678. The summed E-state index contributed by atoms with van der Waals surface area (Å²) in [4.78, 5) is 0. The fourth-order valence-electron chi connectivity index (χ4n) is 0.139. The zero-order valence-corrected chi connectivity index (χ0v) is 4.13. The summed E-state index contributed by atoms with van der Waals surface area (Å²) in [5, 5.41) is 16.9. The molecule has 0 aromatic rings. The summed E-state index contributed by atoms with van der Waals surface area (Å²) in [7, 11) is 0. The van der Waals surface area contributed by atoms with E-state index in [9.17, 15) is 0 Å². The van der Waals surface area contributed by atoms with Crippen LogP contribution in [-0.4, -0.2) is 22.4 Å². The van der Waals surface area contributed by atoms with Gasteiger partial charge in [-0.05, 0) is 6.92 Å². The van der Waals surface area contributed by atoms with Gasteiger partial charge in [-0.2, -0.15) is 0 Å². The first kappa shape index (κ1) is 6.48. The highest BCUT2D eigenvalue weighted by Crippen LogP contribution is 1.86. The summed E-state index contributed by atoms with van der Waals surface area (Å²) in [6.07, 6.45) is 2.88. The number of hydrogen-bond donors (Lipinski definition) is 2. The predicted octanol–water partition coefficient (Wildman–Crippen LogP) is -0.639.